The van der Waals surface area contributed by atoms with Crippen LogP contribution in [0.5, 0.6) is 5.75 Å². The molecule has 0 spiro atoms. The van der Waals surface area contributed by atoms with Gasteiger partial charge in [0.15, 0.2) is 6.61 Å². The molecule has 6 nitrogen and oxygen atoms in total. The number of amides is 1. The molecule has 128 valence electrons. The highest BCUT2D eigenvalue weighted by atomic mass is 16.5. The van der Waals surface area contributed by atoms with E-state index in [1.54, 1.807) is 0 Å². The number of hydrogen-bond donors (Lipinski definition) is 0. The highest BCUT2D eigenvalue weighted by Crippen LogP contribution is 2.28. The minimum absolute atomic E-state index is 0.137. The standard InChI is InChI=1S/C18H23N3O3/c1-4-15(21-7-5-6-17(21)22)18-20-19-16(24-18)11-23-14-9-12(2)8-13(3)10-14/h8-10,15H,4-7,11H2,1-3H3/t15-/m0/s1. The van der Waals surface area contributed by atoms with Gasteiger partial charge in [0.05, 0.1) is 0 Å². The van der Waals surface area contributed by atoms with Gasteiger partial charge >= 0.3 is 0 Å². The lowest BCUT2D eigenvalue weighted by Gasteiger charge is -2.23. The average molecular weight is 329 g/mol. The first-order chi connectivity index (χ1) is 11.6. The number of carbonyl (C=O) groups is 1. The molecular weight excluding hydrogens is 306 g/mol. The van der Waals surface area contributed by atoms with Gasteiger partial charge in [-0.05, 0) is 49.9 Å². The molecule has 1 aliphatic rings. The topological polar surface area (TPSA) is 68.5 Å². The number of ether oxygens (including phenoxy) is 1. The summed E-state index contributed by atoms with van der Waals surface area (Å²) in [6, 6.07) is 5.91. The zero-order valence-electron chi connectivity index (χ0n) is 14.4. The summed E-state index contributed by atoms with van der Waals surface area (Å²) >= 11 is 0. The quantitative estimate of drug-likeness (QED) is 0.813. The van der Waals surface area contributed by atoms with E-state index in [9.17, 15) is 4.79 Å². The molecule has 6 heteroatoms. The highest BCUT2D eigenvalue weighted by molar-refractivity contribution is 5.78. The van der Waals surface area contributed by atoms with Crippen molar-refractivity contribution in [2.24, 2.45) is 0 Å². The third-order valence-corrected chi connectivity index (χ3v) is 4.20. The van der Waals surface area contributed by atoms with Crippen LogP contribution >= 0.6 is 0 Å². The molecule has 0 N–H and O–H groups in total. The van der Waals surface area contributed by atoms with Crippen LogP contribution in [0.3, 0.4) is 0 Å². The molecular formula is C18H23N3O3. The van der Waals surface area contributed by atoms with Gasteiger partial charge in [0.1, 0.15) is 11.8 Å². The van der Waals surface area contributed by atoms with Crippen molar-refractivity contribution in [3.8, 4) is 5.75 Å². The summed E-state index contributed by atoms with van der Waals surface area (Å²) in [4.78, 5) is 13.8. The van der Waals surface area contributed by atoms with Gasteiger partial charge in [-0.1, -0.05) is 13.0 Å². The Morgan fingerprint density at radius 3 is 2.62 bits per heavy atom. The summed E-state index contributed by atoms with van der Waals surface area (Å²) in [6.45, 7) is 7.06. The monoisotopic (exact) mass is 329 g/mol. The summed E-state index contributed by atoms with van der Waals surface area (Å²) in [6.07, 6.45) is 2.25. The summed E-state index contributed by atoms with van der Waals surface area (Å²) in [5.74, 6) is 1.86. The Hall–Kier alpha value is -2.37. The first kappa shape index (κ1) is 16.5. The summed E-state index contributed by atoms with van der Waals surface area (Å²) in [5.41, 5.74) is 2.30. The maximum absolute atomic E-state index is 11.9. The Kier molecular flexibility index (Phi) is 4.83. The van der Waals surface area contributed by atoms with Crippen LogP contribution < -0.4 is 4.74 Å². The number of hydrogen-bond acceptors (Lipinski definition) is 5. The number of likely N-dealkylation sites (tertiary alicyclic amines) is 1. The smallest absolute Gasteiger partial charge is 0.253 e. The fourth-order valence-corrected chi connectivity index (χ4v) is 3.15. The molecule has 1 amide bonds. The van der Waals surface area contributed by atoms with Gasteiger partial charge < -0.3 is 14.1 Å². The van der Waals surface area contributed by atoms with Crippen LogP contribution in [0.1, 0.15) is 55.1 Å². The molecule has 0 saturated carbocycles. The first-order valence-electron chi connectivity index (χ1n) is 8.39. The molecule has 1 fully saturated rings. The Bertz CT molecular complexity index is 706. The van der Waals surface area contributed by atoms with E-state index < -0.39 is 0 Å². The molecule has 3 rings (SSSR count). The van der Waals surface area contributed by atoms with E-state index in [0.29, 0.717) is 18.2 Å². The van der Waals surface area contributed by atoms with Crippen molar-refractivity contribution in [3.05, 3.63) is 41.1 Å². The van der Waals surface area contributed by atoms with Crippen LogP contribution in [0.2, 0.25) is 0 Å². The second-order valence-corrected chi connectivity index (χ2v) is 6.26. The predicted molar refractivity (Wildman–Crippen MR) is 88.5 cm³/mol. The van der Waals surface area contributed by atoms with Gasteiger partial charge in [-0.15, -0.1) is 10.2 Å². The molecule has 2 aromatic rings. The van der Waals surface area contributed by atoms with Crippen LogP contribution in [0.15, 0.2) is 22.6 Å². The summed E-state index contributed by atoms with van der Waals surface area (Å²) in [5, 5.41) is 8.18. The Morgan fingerprint density at radius 1 is 1.25 bits per heavy atom. The molecule has 0 bridgehead atoms. The maximum atomic E-state index is 11.9. The van der Waals surface area contributed by atoms with Crippen LogP contribution in [0, 0.1) is 13.8 Å². The van der Waals surface area contributed by atoms with Crippen LogP contribution in [-0.2, 0) is 11.4 Å². The molecule has 1 aromatic heterocycles. The van der Waals surface area contributed by atoms with Gasteiger partial charge in [-0.2, -0.15) is 0 Å². The second-order valence-electron chi connectivity index (χ2n) is 6.26. The number of rotatable bonds is 6. The fraction of sp³-hybridized carbons (Fsp3) is 0.500. The lowest BCUT2D eigenvalue weighted by molar-refractivity contribution is -0.130. The lowest BCUT2D eigenvalue weighted by Crippen LogP contribution is -2.29. The molecule has 1 aromatic carbocycles. The molecule has 1 atom stereocenters. The molecule has 24 heavy (non-hydrogen) atoms. The fourth-order valence-electron chi connectivity index (χ4n) is 3.15. The molecule has 0 radical (unpaired) electrons. The second kappa shape index (κ2) is 7.03. The Labute approximate surface area is 141 Å². The van der Waals surface area contributed by atoms with Crippen molar-refractivity contribution in [2.45, 2.75) is 52.7 Å². The third-order valence-electron chi connectivity index (χ3n) is 4.20. The van der Waals surface area contributed by atoms with Gasteiger partial charge in [0, 0.05) is 13.0 Å². The van der Waals surface area contributed by atoms with Crippen LogP contribution in [0.25, 0.3) is 0 Å². The van der Waals surface area contributed by atoms with E-state index in [4.69, 9.17) is 9.15 Å². The van der Waals surface area contributed by atoms with Crippen molar-refractivity contribution in [1.29, 1.82) is 0 Å². The summed E-state index contributed by atoms with van der Waals surface area (Å²) < 4.78 is 11.5. The third kappa shape index (κ3) is 3.58. The van der Waals surface area contributed by atoms with Crippen molar-refractivity contribution < 1.29 is 13.9 Å². The molecule has 2 heterocycles. The van der Waals surface area contributed by atoms with Gasteiger partial charge in [-0.3, -0.25) is 4.79 Å². The van der Waals surface area contributed by atoms with Gasteiger partial charge in [-0.25, -0.2) is 0 Å². The van der Waals surface area contributed by atoms with Crippen LogP contribution in [0.4, 0.5) is 0 Å². The molecule has 0 unspecified atom stereocenters. The lowest BCUT2D eigenvalue weighted by atomic mass is 10.1. The van der Waals surface area contributed by atoms with E-state index in [-0.39, 0.29) is 18.6 Å². The zero-order chi connectivity index (χ0) is 17.1. The van der Waals surface area contributed by atoms with Gasteiger partial charge in [0.2, 0.25) is 11.8 Å². The van der Waals surface area contributed by atoms with Crippen molar-refractivity contribution in [2.75, 3.05) is 6.54 Å². The van der Waals surface area contributed by atoms with Crippen molar-refractivity contribution in [3.63, 3.8) is 0 Å². The number of aryl methyl sites for hydroxylation is 2. The Balaban J connectivity index is 1.67. The number of benzene rings is 1. The highest BCUT2D eigenvalue weighted by Gasteiger charge is 2.31. The molecule has 0 aliphatic carbocycles. The van der Waals surface area contributed by atoms with E-state index in [0.717, 1.165) is 36.3 Å². The number of carbonyl (C=O) groups excluding carboxylic acids is 1. The first-order valence-corrected chi connectivity index (χ1v) is 8.39. The minimum Gasteiger partial charge on any atom is -0.484 e. The van der Waals surface area contributed by atoms with E-state index >= 15 is 0 Å². The van der Waals surface area contributed by atoms with E-state index in [1.807, 2.05) is 37.8 Å². The predicted octanol–water partition coefficient (Wildman–Crippen LogP) is 3.34. The van der Waals surface area contributed by atoms with E-state index in [2.05, 4.69) is 16.3 Å². The van der Waals surface area contributed by atoms with Crippen molar-refractivity contribution in [1.82, 2.24) is 15.1 Å². The molecule has 1 aliphatic heterocycles. The maximum Gasteiger partial charge on any atom is 0.253 e. The van der Waals surface area contributed by atoms with Crippen LogP contribution in [-0.4, -0.2) is 27.5 Å². The SMILES string of the molecule is CC[C@@H](c1nnc(COc2cc(C)cc(C)c2)o1)N1CCCC1=O. The normalized spacial score (nSPS) is 15.8. The van der Waals surface area contributed by atoms with Crippen molar-refractivity contribution >= 4 is 5.91 Å². The average Bonchev–Trinajstić information content (AvgIpc) is 3.16. The number of nitrogens with zero attached hydrogens (tertiary/aromatic N) is 3. The number of aromatic nitrogens is 2. The minimum atomic E-state index is -0.137. The summed E-state index contributed by atoms with van der Waals surface area (Å²) in [7, 11) is 0. The van der Waals surface area contributed by atoms with E-state index in [1.165, 1.54) is 0 Å². The zero-order valence-corrected chi connectivity index (χ0v) is 14.4. The van der Waals surface area contributed by atoms with Gasteiger partial charge in [0.25, 0.3) is 5.89 Å². The Morgan fingerprint density at radius 2 is 2.00 bits per heavy atom. The largest absolute Gasteiger partial charge is 0.484 e. The molecule has 1 saturated heterocycles.